The maximum atomic E-state index is 10.6. The number of hydrogen-bond acceptors (Lipinski definition) is 4. The lowest BCUT2D eigenvalue weighted by molar-refractivity contribution is 0.0696. The molecular weight excluding hydrogens is 238 g/mol. The third-order valence-corrected chi connectivity index (χ3v) is 3.39. The summed E-state index contributed by atoms with van der Waals surface area (Å²) in [5.41, 5.74) is 2.72. The molecule has 0 unspecified atom stereocenters. The summed E-state index contributed by atoms with van der Waals surface area (Å²) in [7, 11) is 0. The maximum absolute atomic E-state index is 10.6. The molecule has 0 aliphatic rings. The molecular formula is C12H13NO3S. The number of carboxylic acid groups (broad SMARTS) is 1. The summed E-state index contributed by atoms with van der Waals surface area (Å²) in [6, 6.07) is 1.54. The van der Waals surface area contributed by atoms with E-state index in [1.54, 1.807) is 11.3 Å². The summed E-state index contributed by atoms with van der Waals surface area (Å²) in [4.78, 5) is 10.6. The van der Waals surface area contributed by atoms with Crippen LogP contribution in [0.1, 0.15) is 27.2 Å². The first-order chi connectivity index (χ1) is 8.16. The highest BCUT2D eigenvalue weighted by Crippen LogP contribution is 2.13. The fraction of sp³-hybridized carbons (Fsp3) is 0.250. The number of aryl methyl sites for hydroxylation is 1. The highest BCUT2D eigenvalue weighted by atomic mass is 32.1. The first-order valence-electron chi connectivity index (χ1n) is 5.20. The molecule has 0 saturated heterocycles. The van der Waals surface area contributed by atoms with Gasteiger partial charge in [0.05, 0.1) is 12.1 Å². The van der Waals surface area contributed by atoms with Crippen LogP contribution in [0.2, 0.25) is 0 Å². The Morgan fingerprint density at radius 1 is 1.47 bits per heavy atom. The number of nitrogens with one attached hydrogen (secondary N) is 1. The van der Waals surface area contributed by atoms with Gasteiger partial charge in [-0.25, -0.2) is 4.79 Å². The molecule has 2 rings (SSSR count). The van der Waals surface area contributed by atoms with Crippen LogP contribution in [0.25, 0.3) is 0 Å². The van der Waals surface area contributed by atoms with Gasteiger partial charge in [0.2, 0.25) is 0 Å². The summed E-state index contributed by atoms with van der Waals surface area (Å²) in [6.07, 6.45) is 1.26. The predicted octanol–water partition coefficient (Wildman–Crippen LogP) is 2.64. The topological polar surface area (TPSA) is 62.5 Å². The third-order valence-electron chi connectivity index (χ3n) is 2.48. The average molecular weight is 251 g/mol. The van der Waals surface area contributed by atoms with Crippen LogP contribution >= 0.6 is 11.3 Å². The van der Waals surface area contributed by atoms with Gasteiger partial charge in [-0.05, 0) is 34.9 Å². The van der Waals surface area contributed by atoms with Gasteiger partial charge in [-0.1, -0.05) is 0 Å². The van der Waals surface area contributed by atoms with Crippen molar-refractivity contribution in [1.82, 2.24) is 5.32 Å². The number of furan rings is 1. The molecule has 2 aromatic heterocycles. The van der Waals surface area contributed by atoms with Crippen molar-refractivity contribution in [2.45, 2.75) is 20.0 Å². The zero-order valence-corrected chi connectivity index (χ0v) is 10.2. The monoisotopic (exact) mass is 251 g/mol. The second-order valence-corrected chi connectivity index (χ2v) is 4.53. The second kappa shape index (κ2) is 5.16. The Labute approximate surface area is 103 Å². The molecule has 2 N–H and O–H groups in total. The maximum Gasteiger partial charge on any atom is 0.338 e. The van der Waals surface area contributed by atoms with Crippen molar-refractivity contribution in [1.29, 1.82) is 0 Å². The molecule has 5 heteroatoms. The number of carboxylic acids is 1. The molecule has 2 aromatic rings. The van der Waals surface area contributed by atoms with E-state index < -0.39 is 5.97 Å². The lowest BCUT2D eigenvalue weighted by Gasteiger charge is -2.01. The van der Waals surface area contributed by atoms with E-state index in [0.29, 0.717) is 12.3 Å². The van der Waals surface area contributed by atoms with E-state index in [9.17, 15) is 4.79 Å². The van der Waals surface area contributed by atoms with Gasteiger partial charge in [0.15, 0.2) is 0 Å². The van der Waals surface area contributed by atoms with E-state index in [1.165, 1.54) is 23.5 Å². The smallest absolute Gasteiger partial charge is 0.338 e. The molecule has 4 nitrogen and oxygen atoms in total. The first-order valence-corrected chi connectivity index (χ1v) is 6.14. The Kier molecular flexibility index (Phi) is 3.61. The van der Waals surface area contributed by atoms with E-state index in [2.05, 4.69) is 23.0 Å². The van der Waals surface area contributed by atoms with Crippen LogP contribution < -0.4 is 5.32 Å². The van der Waals surface area contributed by atoms with Crippen LogP contribution in [-0.2, 0) is 13.1 Å². The summed E-state index contributed by atoms with van der Waals surface area (Å²) < 4.78 is 5.13. The molecule has 2 heterocycles. The molecule has 0 spiro atoms. The number of aromatic carboxylic acids is 1. The van der Waals surface area contributed by atoms with Gasteiger partial charge >= 0.3 is 5.97 Å². The quantitative estimate of drug-likeness (QED) is 0.857. The number of rotatable bonds is 5. The molecule has 90 valence electrons. The van der Waals surface area contributed by atoms with Crippen molar-refractivity contribution in [2.24, 2.45) is 0 Å². The molecule has 0 aromatic carbocycles. The average Bonchev–Trinajstić information content (AvgIpc) is 2.89. The van der Waals surface area contributed by atoms with Crippen molar-refractivity contribution >= 4 is 17.3 Å². The van der Waals surface area contributed by atoms with Crippen LogP contribution in [0.5, 0.6) is 0 Å². The fourth-order valence-electron chi connectivity index (χ4n) is 1.47. The summed E-state index contributed by atoms with van der Waals surface area (Å²) >= 11 is 1.68. The van der Waals surface area contributed by atoms with Crippen molar-refractivity contribution < 1.29 is 14.3 Å². The molecule has 0 bridgehead atoms. The van der Waals surface area contributed by atoms with E-state index in [0.717, 1.165) is 6.54 Å². The van der Waals surface area contributed by atoms with Crippen LogP contribution in [0.4, 0.5) is 0 Å². The van der Waals surface area contributed by atoms with Gasteiger partial charge in [0, 0.05) is 6.54 Å². The zero-order valence-electron chi connectivity index (χ0n) is 9.40. The Hall–Kier alpha value is -1.59. The van der Waals surface area contributed by atoms with Gasteiger partial charge < -0.3 is 14.8 Å². The van der Waals surface area contributed by atoms with Gasteiger partial charge in [0.25, 0.3) is 0 Å². The summed E-state index contributed by atoms with van der Waals surface area (Å²) in [5, 5.41) is 16.2. The van der Waals surface area contributed by atoms with Crippen molar-refractivity contribution in [3.05, 3.63) is 45.5 Å². The minimum Gasteiger partial charge on any atom is -0.478 e. The van der Waals surface area contributed by atoms with Crippen molar-refractivity contribution in [3.8, 4) is 0 Å². The Balaban J connectivity index is 1.86. The fourth-order valence-corrected chi connectivity index (χ4v) is 2.33. The van der Waals surface area contributed by atoms with Crippen LogP contribution in [0, 0.1) is 6.92 Å². The summed E-state index contributed by atoms with van der Waals surface area (Å²) in [6.45, 7) is 3.37. The Morgan fingerprint density at radius 2 is 2.29 bits per heavy atom. The Bertz CT molecular complexity index is 515. The van der Waals surface area contributed by atoms with E-state index in [4.69, 9.17) is 9.52 Å². The lowest BCUT2D eigenvalue weighted by atomic mass is 10.2. The van der Waals surface area contributed by atoms with E-state index in [-0.39, 0.29) is 5.56 Å². The highest BCUT2D eigenvalue weighted by Gasteiger charge is 2.07. The van der Waals surface area contributed by atoms with Crippen LogP contribution in [-0.4, -0.2) is 11.1 Å². The first kappa shape index (κ1) is 11.9. The zero-order chi connectivity index (χ0) is 12.3. The molecule has 17 heavy (non-hydrogen) atoms. The predicted molar refractivity (Wildman–Crippen MR) is 65.3 cm³/mol. The minimum absolute atomic E-state index is 0.188. The molecule has 0 aliphatic heterocycles. The van der Waals surface area contributed by atoms with Gasteiger partial charge in [-0.2, -0.15) is 11.3 Å². The third kappa shape index (κ3) is 2.95. The molecule has 0 atom stereocenters. The molecule has 0 amide bonds. The lowest BCUT2D eigenvalue weighted by Crippen LogP contribution is -2.12. The van der Waals surface area contributed by atoms with Gasteiger partial charge in [0.1, 0.15) is 12.0 Å². The van der Waals surface area contributed by atoms with E-state index in [1.807, 2.05) is 0 Å². The van der Waals surface area contributed by atoms with Crippen molar-refractivity contribution in [2.75, 3.05) is 0 Å². The van der Waals surface area contributed by atoms with Crippen LogP contribution in [0.15, 0.2) is 27.5 Å². The minimum atomic E-state index is -0.964. The molecule has 0 aliphatic carbocycles. The second-order valence-electron chi connectivity index (χ2n) is 3.79. The van der Waals surface area contributed by atoms with Crippen LogP contribution in [0.3, 0.4) is 0 Å². The molecule has 0 saturated carbocycles. The molecule has 0 fully saturated rings. The molecule has 0 radical (unpaired) electrons. The van der Waals surface area contributed by atoms with E-state index >= 15 is 0 Å². The number of thiophene rings is 1. The van der Waals surface area contributed by atoms with Gasteiger partial charge in [-0.3, -0.25) is 0 Å². The standard InChI is InChI=1S/C12H13NO3S/c1-8-6-17-7-10(8)3-13-4-11-2-9(5-16-11)12(14)15/h2,5-7,13H,3-4H2,1H3,(H,14,15). The Morgan fingerprint density at radius 3 is 2.88 bits per heavy atom. The number of carbonyl (C=O) groups is 1. The largest absolute Gasteiger partial charge is 0.478 e. The number of hydrogen-bond donors (Lipinski definition) is 2. The highest BCUT2D eigenvalue weighted by molar-refractivity contribution is 7.08. The van der Waals surface area contributed by atoms with Gasteiger partial charge in [-0.15, -0.1) is 0 Å². The summed E-state index contributed by atoms with van der Waals surface area (Å²) in [5.74, 6) is -0.330. The SMILES string of the molecule is Cc1cscc1CNCc1cc(C(=O)O)co1. The van der Waals surface area contributed by atoms with Crippen molar-refractivity contribution in [3.63, 3.8) is 0 Å². The normalized spacial score (nSPS) is 10.6.